The fourth-order valence-electron chi connectivity index (χ4n) is 2.46. The van der Waals surface area contributed by atoms with Crippen molar-refractivity contribution in [2.24, 2.45) is 0 Å². The Labute approximate surface area is 134 Å². The Kier molecular flexibility index (Phi) is 4.24. The summed E-state index contributed by atoms with van der Waals surface area (Å²) in [6, 6.07) is 17.7. The van der Waals surface area contributed by atoms with Crippen LogP contribution in [-0.4, -0.2) is 18.1 Å². The molecule has 0 aliphatic heterocycles. The quantitative estimate of drug-likeness (QED) is 0.684. The fourth-order valence-corrected chi connectivity index (χ4v) is 2.46. The molecule has 116 valence electrons. The minimum Gasteiger partial charge on any atom is -0.497 e. The SMILES string of the molecule is COc1ccc(-c2cc3ccccc3c(COC(C)=O)n2)cc1. The van der Waals surface area contributed by atoms with Crippen LogP contribution in [0.25, 0.3) is 22.0 Å². The molecule has 4 heteroatoms. The molecule has 0 spiro atoms. The number of esters is 1. The molecule has 0 aliphatic rings. The molecule has 23 heavy (non-hydrogen) atoms. The minimum atomic E-state index is -0.314. The molecule has 0 amide bonds. The number of carbonyl (C=O) groups excluding carboxylic acids is 1. The number of hydrogen-bond acceptors (Lipinski definition) is 4. The van der Waals surface area contributed by atoms with Crippen LogP contribution in [0.15, 0.2) is 54.6 Å². The molecule has 3 aromatic rings. The predicted octanol–water partition coefficient (Wildman–Crippen LogP) is 3.97. The predicted molar refractivity (Wildman–Crippen MR) is 89.2 cm³/mol. The summed E-state index contributed by atoms with van der Waals surface area (Å²) < 4.78 is 10.3. The van der Waals surface area contributed by atoms with Crippen LogP contribution < -0.4 is 4.74 Å². The van der Waals surface area contributed by atoms with Gasteiger partial charge in [-0.15, -0.1) is 0 Å². The van der Waals surface area contributed by atoms with E-state index in [4.69, 9.17) is 9.47 Å². The van der Waals surface area contributed by atoms with Crippen LogP contribution in [0.2, 0.25) is 0 Å². The molecule has 2 aromatic carbocycles. The number of pyridine rings is 1. The van der Waals surface area contributed by atoms with E-state index in [0.29, 0.717) is 0 Å². The first-order chi connectivity index (χ1) is 11.2. The van der Waals surface area contributed by atoms with E-state index in [-0.39, 0.29) is 12.6 Å². The summed E-state index contributed by atoms with van der Waals surface area (Å²) in [5.41, 5.74) is 2.58. The van der Waals surface area contributed by atoms with Crippen molar-refractivity contribution >= 4 is 16.7 Å². The summed E-state index contributed by atoms with van der Waals surface area (Å²) in [4.78, 5) is 15.8. The van der Waals surface area contributed by atoms with Crippen LogP contribution in [0.3, 0.4) is 0 Å². The van der Waals surface area contributed by atoms with Gasteiger partial charge in [-0.05, 0) is 35.7 Å². The second-order valence-corrected chi connectivity index (χ2v) is 5.18. The topological polar surface area (TPSA) is 48.4 Å². The lowest BCUT2D eigenvalue weighted by atomic mass is 10.0. The van der Waals surface area contributed by atoms with E-state index in [9.17, 15) is 4.79 Å². The zero-order chi connectivity index (χ0) is 16.2. The molecule has 0 atom stereocenters. The maximum absolute atomic E-state index is 11.1. The normalized spacial score (nSPS) is 10.5. The van der Waals surface area contributed by atoms with E-state index in [1.54, 1.807) is 7.11 Å². The van der Waals surface area contributed by atoms with Gasteiger partial charge in [0.05, 0.1) is 18.5 Å². The lowest BCUT2D eigenvalue weighted by Gasteiger charge is -2.10. The van der Waals surface area contributed by atoms with Gasteiger partial charge in [0.2, 0.25) is 0 Å². The number of fused-ring (bicyclic) bond motifs is 1. The van der Waals surface area contributed by atoms with Gasteiger partial charge < -0.3 is 9.47 Å². The number of ether oxygens (including phenoxy) is 2. The van der Waals surface area contributed by atoms with Crippen molar-refractivity contribution in [2.45, 2.75) is 13.5 Å². The second kappa shape index (κ2) is 6.48. The Hall–Kier alpha value is -2.88. The highest BCUT2D eigenvalue weighted by atomic mass is 16.5. The third-order valence-electron chi connectivity index (χ3n) is 3.62. The molecule has 0 saturated heterocycles. The molecule has 1 heterocycles. The molecule has 1 aromatic heterocycles. The van der Waals surface area contributed by atoms with Crippen molar-refractivity contribution in [2.75, 3.05) is 7.11 Å². The molecule has 0 bridgehead atoms. The Balaban J connectivity index is 2.07. The van der Waals surface area contributed by atoms with Gasteiger partial charge in [-0.3, -0.25) is 4.79 Å². The van der Waals surface area contributed by atoms with Gasteiger partial charge >= 0.3 is 5.97 Å². The van der Waals surface area contributed by atoms with Crippen LogP contribution in [0.5, 0.6) is 5.75 Å². The second-order valence-electron chi connectivity index (χ2n) is 5.18. The largest absolute Gasteiger partial charge is 0.497 e. The monoisotopic (exact) mass is 307 g/mol. The average molecular weight is 307 g/mol. The number of benzene rings is 2. The van der Waals surface area contributed by atoms with Gasteiger partial charge in [0.15, 0.2) is 0 Å². The van der Waals surface area contributed by atoms with Crippen LogP contribution >= 0.6 is 0 Å². The highest BCUT2D eigenvalue weighted by molar-refractivity contribution is 5.88. The zero-order valence-corrected chi connectivity index (χ0v) is 13.1. The number of rotatable bonds is 4. The Bertz CT molecular complexity index is 841. The Morgan fingerprint density at radius 1 is 1.09 bits per heavy atom. The molecule has 4 nitrogen and oxygen atoms in total. The van der Waals surface area contributed by atoms with E-state index >= 15 is 0 Å². The summed E-state index contributed by atoms with van der Waals surface area (Å²) in [6.45, 7) is 1.56. The molecule has 3 rings (SSSR count). The molecular weight excluding hydrogens is 290 g/mol. The van der Waals surface area contributed by atoms with E-state index in [0.717, 1.165) is 33.5 Å². The minimum absolute atomic E-state index is 0.167. The number of carbonyl (C=O) groups is 1. The first kappa shape index (κ1) is 15.0. The van der Waals surface area contributed by atoms with Crippen molar-refractivity contribution in [3.63, 3.8) is 0 Å². The molecular formula is C19H17NO3. The summed E-state index contributed by atoms with van der Waals surface area (Å²) in [7, 11) is 1.64. The lowest BCUT2D eigenvalue weighted by Crippen LogP contribution is -2.02. The lowest BCUT2D eigenvalue weighted by molar-refractivity contribution is -0.142. The summed E-state index contributed by atoms with van der Waals surface area (Å²) in [6.07, 6.45) is 0. The third kappa shape index (κ3) is 3.31. The van der Waals surface area contributed by atoms with Gasteiger partial charge in [0.1, 0.15) is 12.4 Å². The average Bonchev–Trinajstić information content (AvgIpc) is 2.59. The van der Waals surface area contributed by atoms with Crippen LogP contribution in [0.1, 0.15) is 12.6 Å². The van der Waals surface area contributed by atoms with E-state index in [1.165, 1.54) is 6.92 Å². The van der Waals surface area contributed by atoms with Gasteiger partial charge in [0, 0.05) is 17.9 Å². The smallest absolute Gasteiger partial charge is 0.303 e. The van der Waals surface area contributed by atoms with Gasteiger partial charge in [-0.1, -0.05) is 24.3 Å². The molecule has 0 fully saturated rings. The van der Waals surface area contributed by atoms with Crippen molar-refractivity contribution < 1.29 is 14.3 Å². The zero-order valence-electron chi connectivity index (χ0n) is 13.1. The highest BCUT2D eigenvalue weighted by Crippen LogP contribution is 2.26. The summed E-state index contributed by atoms with van der Waals surface area (Å²) >= 11 is 0. The number of aromatic nitrogens is 1. The molecule has 0 saturated carbocycles. The maximum atomic E-state index is 11.1. The number of hydrogen-bond donors (Lipinski definition) is 0. The Morgan fingerprint density at radius 3 is 2.52 bits per heavy atom. The molecule has 0 unspecified atom stereocenters. The number of methoxy groups -OCH3 is 1. The van der Waals surface area contributed by atoms with E-state index < -0.39 is 0 Å². The van der Waals surface area contributed by atoms with Crippen molar-refractivity contribution in [3.05, 3.63) is 60.3 Å². The molecule has 0 radical (unpaired) electrons. The maximum Gasteiger partial charge on any atom is 0.303 e. The van der Waals surface area contributed by atoms with Gasteiger partial charge in [0.25, 0.3) is 0 Å². The molecule has 0 N–H and O–H groups in total. The first-order valence-corrected chi connectivity index (χ1v) is 7.34. The van der Waals surface area contributed by atoms with Crippen LogP contribution in [0, 0.1) is 0 Å². The van der Waals surface area contributed by atoms with Crippen molar-refractivity contribution in [1.29, 1.82) is 0 Å². The number of nitrogens with zero attached hydrogens (tertiary/aromatic N) is 1. The first-order valence-electron chi connectivity index (χ1n) is 7.34. The van der Waals surface area contributed by atoms with E-state index in [2.05, 4.69) is 4.98 Å². The summed E-state index contributed by atoms with van der Waals surface area (Å²) in [5.74, 6) is 0.486. The summed E-state index contributed by atoms with van der Waals surface area (Å²) in [5, 5.41) is 2.06. The van der Waals surface area contributed by atoms with Crippen molar-refractivity contribution in [1.82, 2.24) is 4.98 Å². The standard InChI is InChI=1S/C19H17NO3/c1-13(21)23-12-19-17-6-4-3-5-15(17)11-18(20-19)14-7-9-16(22-2)10-8-14/h3-11H,12H2,1-2H3. The Morgan fingerprint density at radius 2 is 1.83 bits per heavy atom. The van der Waals surface area contributed by atoms with Crippen molar-refractivity contribution in [3.8, 4) is 17.0 Å². The third-order valence-corrected chi connectivity index (χ3v) is 3.62. The highest BCUT2D eigenvalue weighted by Gasteiger charge is 2.09. The van der Waals surface area contributed by atoms with E-state index in [1.807, 2.05) is 54.6 Å². The fraction of sp³-hybridized carbons (Fsp3) is 0.158. The van der Waals surface area contributed by atoms with Crippen LogP contribution in [0.4, 0.5) is 0 Å². The van der Waals surface area contributed by atoms with Crippen LogP contribution in [-0.2, 0) is 16.1 Å². The molecule has 0 aliphatic carbocycles. The van der Waals surface area contributed by atoms with Gasteiger partial charge in [-0.2, -0.15) is 0 Å². The van der Waals surface area contributed by atoms with Gasteiger partial charge in [-0.25, -0.2) is 4.98 Å².